The van der Waals surface area contributed by atoms with E-state index in [2.05, 4.69) is 17.6 Å². The monoisotopic (exact) mass is 616 g/mol. The van der Waals surface area contributed by atoms with Crippen LogP contribution in [0.3, 0.4) is 0 Å². The number of carbonyl (C=O) groups excluding carboxylic acids is 3. The highest BCUT2D eigenvalue weighted by Gasteiger charge is 2.69. The zero-order chi connectivity index (χ0) is 31.6. The molecular formula is C33H48N2O9. The predicted octanol–water partition coefficient (Wildman–Crippen LogP) is 4.11. The largest absolute Gasteiger partial charge is 0.508 e. The van der Waals surface area contributed by atoms with Crippen LogP contribution in [0.1, 0.15) is 85.1 Å². The van der Waals surface area contributed by atoms with Crippen LogP contribution in [-0.2, 0) is 44.8 Å². The van der Waals surface area contributed by atoms with Gasteiger partial charge in [0, 0.05) is 31.2 Å². The van der Waals surface area contributed by atoms with E-state index in [9.17, 15) is 19.5 Å². The number of esters is 1. The summed E-state index contributed by atoms with van der Waals surface area (Å²) in [6.07, 6.45) is 2.77. The fourth-order valence-electron chi connectivity index (χ4n) is 7.50. The molecule has 5 fully saturated rings. The van der Waals surface area contributed by atoms with Gasteiger partial charge in [-0.1, -0.05) is 39.8 Å². The summed E-state index contributed by atoms with van der Waals surface area (Å²) in [7, 11) is 0. The van der Waals surface area contributed by atoms with Crippen LogP contribution in [0.25, 0.3) is 0 Å². The lowest BCUT2D eigenvalue weighted by Gasteiger charge is -2.59. The van der Waals surface area contributed by atoms with Gasteiger partial charge in [-0.3, -0.25) is 14.4 Å². The highest BCUT2D eigenvalue weighted by atomic mass is 17.3. The van der Waals surface area contributed by atoms with E-state index in [1.54, 1.807) is 24.3 Å². The van der Waals surface area contributed by atoms with E-state index in [1.165, 1.54) is 0 Å². The Bertz CT molecular complexity index is 1190. The molecule has 9 atom stereocenters. The Morgan fingerprint density at radius 3 is 2.52 bits per heavy atom. The molecule has 11 heteroatoms. The molecule has 2 amide bonds. The number of amides is 2. The number of rotatable bonds is 11. The van der Waals surface area contributed by atoms with Gasteiger partial charge in [0.1, 0.15) is 11.8 Å². The molecule has 6 rings (SSSR count). The molecule has 1 aromatic carbocycles. The van der Waals surface area contributed by atoms with Crippen LogP contribution in [0.4, 0.5) is 0 Å². The second-order valence-electron chi connectivity index (χ2n) is 13.7. The molecule has 4 heterocycles. The van der Waals surface area contributed by atoms with Gasteiger partial charge in [0.2, 0.25) is 23.9 Å². The minimum absolute atomic E-state index is 0.0237. The summed E-state index contributed by atoms with van der Waals surface area (Å²) in [6, 6.07) is 6.09. The molecule has 44 heavy (non-hydrogen) atoms. The van der Waals surface area contributed by atoms with Crippen LogP contribution in [0.2, 0.25) is 0 Å². The lowest BCUT2D eigenvalue weighted by Crippen LogP contribution is -2.70. The normalized spacial score (nSPS) is 34.9. The van der Waals surface area contributed by atoms with E-state index >= 15 is 0 Å². The molecule has 1 aliphatic carbocycles. The molecule has 0 unspecified atom stereocenters. The highest BCUT2D eigenvalue weighted by molar-refractivity contribution is 5.88. The van der Waals surface area contributed by atoms with Gasteiger partial charge >= 0.3 is 5.97 Å². The van der Waals surface area contributed by atoms with E-state index in [0.29, 0.717) is 31.7 Å². The minimum Gasteiger partial charge on any atom is -0.508 e. The lowest BCUT2D eigenvalue weighted by atomic mass is 9.58. The molecule has 2 bridgehead atoms. The molecule has 4 saturated heterocycles. The van der Waals surface area contributed by atoms with Crippen LogP contribution >= 0.6 is 0 Å². The van der Waals surface area contributed by atoms with Crippen LogP contribution in [0, 0.1) is 29.6 Å². The summed E-state index contributed by atoms with van der Waals surface area (Å²) in [5, 5.41) is 15.1. The van der Waals surface area contributed by atoms with Gasteiger partial charge in [0.15, 0.2) is 11.9 Å². The van der Waals surface area contributed by atoms with Crippen molar-refractivity contribution >= 4 is 17.8 Å². The van der Waals surface area contributed by atoms with Crippen LogP contribution in [0.5, 0.6) is 5.75 Å². The summed E-state index contributed by atoms with van der Waals surface area (Å²) < 4.78 is 18.4. The molecule has 1 spiro atoms. The molecular weight excluding hydrogens is 568 g/mol. The van der Waals surface area contributed by atoms with Crippen molar-refractivity contribution in [1.82, 2.24) is 10.6 Å². The number of phenolic OH excluding ortho intramolecular Hbond substituents is 1. The standard InChI is InChI=1S/C33H48N2O9/c1-19(2)18-26(29(39)34-17-15-22-7-9-23(36)10-8-22)35-27(37)12-13-28(38)40-30-21(4)25-11-6-20(3)24-14-16-32(5)42-31(41-30)33(24,25)44-43-32/h7-10,19-21,24-26,30-31,36H,6,11-18H2,1-5H3,(H,34,39)(H,35,37)/t20-,21-,24+,25+,26+,30-,31+,32-,33-/m1/s1. The maximum Gasteiger partial charge on any atom is 0.308 e. The number of ether oxygens (including phenoxy) is 3. The van der Waals surface area contributed by atoms with Gasteiger partial charge in [0.05, 0.1) is 6.42 Å². The van der Waals surface area contributed by atoms with Gasteiger partial charge in [-0.15, -0.1) is 0 Å². The fourth-order valence-corrected chi connectivity index (χ4v) is 7.50. The molecule has 0 radical (unpaired) electrons. The molecule has 3 N–H and O–H groups in total. The summed E-state index contributed by atoms with van der Waals surface area (Å²) >= 11 is 0. The Morgan fingerprint density at radius 2 is 1.80 bits per heavy atom. The van der Waals surface area contributed by atoms with E-state index in [1.807, 2.05) is 27.7 Å². The Balaban J connectivity index is 1.13. The van der Waals surface area contributed by atoms with Crippen molar-refractivity contribution in [2.24, 2.45) is 29.6 Å². The van der Waals surface area contributed by atoms with E-state index in [0.717, 1.165) is 24.8 Å². The summed E-state index contributed by atoms with van der Waals surface area (Å²) in [5.41, 5.74) is 0.231. The maximum atomic E-state index is 13.0. The Hall–Kier alpha value is -2.73. The highest BCUT2D eigenvalue weighted by Crippen LogP contribution is 2.60. The first-order chi connectivity index (χ1) is 20.9. The molecule has 0 aromatic heterocycles. The van der Waals surface area contributed by atoms with Crippen molar-refractivity contribution in [3.8, 4) is 5.75 Å². The first-order valence-electron chi connectivity index (χ1n) is 16.1. The smallest absolute Gasteiger partial charge is 0.308 e. The molecule has 1 aromatic rings. The fraction of sp³-hybridized carbons (Fsp3) is 0.727. The lowest BCUT2D eigenvalue weighted by molar-refractivity contribution is -0.576. The van der Waals surface area contributed by atoms with Crippen molar-refractivity contribution in [3.63, 3.8) is 0 Å². The number of fused-ring (bicyclic) bond motifs is 2. The second kappa shape index (κ2) is 13.3. The van der Waals surface area contributed by atoms with Crippen molar-refractivity contribution in [1.29, 1.82) is 0 Å². The topological polar surface area (TPSA) is 142 Å². The third-order valence-corrected chi connectivity index (χ3v) is 9.91. The molecule has 1 saturated carbocycles. The number of hydrogen-bond donors (Lipinski definition) is 3. The number of carbonyl (C=O) groups is 3. The van der Waals surface area contributed by atoms with E-state index in [4.69, 9.17) is 24.0 Å². The minimum atomic E-state index is -0.922. The Kier molecular flexibility index (Phi) is 9.89. The van der Waals surface area contributed by atoms with E-state index in [-0.39, 0.29) is 48.2 Å². The van der Waals surface area contributed by atoms with Crippen molar-refractivity contribution in [2.45, 2.75) is 116 Å². The average Bonchev–Trinajstić information content (AvgIpc) is 3.20. The van der Waals surface area contributed by atoms with Crippen LogP contribution in [-0.4, -0.2) is 59.4 Å². The zero-order valence-electron chi connectivity index (χ0n) is 26.5. The first kappa shape index (κ1) is 32.7. The molecule has 4 aliphatic heterocycles. The van der Waals surface area contributed by atoms with Crippen molar-refractivity contribution in [2.75, 3.05) is 6.54 Å². The second-order valence-corrected chi connectivity index (χ2v) is 13.7. The summed E-state index contributed by atoms with van der Waals surface area (Å²) in [6.45, 7) is 10.4. The van der Waals surface area contributed by atoms with Gasteiger partial charge in [-0.2, -0.15) is 0 Å². The molecule has 5 aliphatic rings. The van der Waals surface area contributed by atoms with Gasteiger partial charge in [-0.25, -0.2) is 9.78 Å². The predicted molar refractivity (Wildman–Crippen MR) is 158 cm³/mol. The Morgan fingerprint density at radius 1 is 1.05 bits per heavy atom. The van der Waals surface area contributed by atoms with E-state index < -0.39 is 41.9 Å². The number of phenols is 1. The number of benzene rings is 1. The number of nitrogens with one attached hydrogen (secondary N) is 2. The molecule has 244 valence electrons. The number of aromatic hydroxyl groups is 1. The van der Waals surface area contributed by atoms with Gasteiger partial charge in [0.25, 0.3) is 0 Å². The summed E-state index contributed by atoms with van der Waals surface area (Å²) in [4.78, 5) is 50.7. The van der Waals surface area contributed by atoms with Crippen molar-refractivity contribution in [3.05, 3.63) is 29.8 Å². The van der Waals surface area contributed by atoms with Crippen molar-refractivity contribution < 1.29 is 43.5 Å². The quantitative estimate of drug-likeness (QED) is 0.247. The first-order valence-corrected chi connectivity index (χ1v) is 16.1. The van der Waals surface area contributed by atoms with Crippen LogP contribution < -0.4 is 10.6 Å². The number of hydrogen-bond acceptors (Lipinski definition) is 9. The van der Waals surface area contributed by atoms with Gasteiger partial charge < -0.3 is 30.0 Å². The molecule has 11 nitrogen and oxygen atoms in total. The Labute approximate surface area is 259 Å². The summed E-state index contributed by atoms with van der Waals surface area (Å²) in [5.74, 6) is -1.28. The average molecular weight is 617 g/mol. The van der Waals surface area contributed by atoms with Crippen LogP contribution in [0.15, 0.2) is 24.3 Å². The third kappa shape index (κ3) is 6.90. The third-order valence-electron chi connectivity index (χ3n) is 9.91. The SMILES string of the molecule is CC(C)C[C@H](NC(=O)CCC(=O)O[C@@H]1O[C@H]2O[C@@]3(C)CC[C@H]4[C@H](C)CC[C@@H]([C@H]1C)[C@@]24OO3)C(=O)NCCc1ccc(O)cc1. The zero-order valence-corrected chi connectivity index (χ0v) is 26.5. The van der Waals surface area contributed by atoms with Gasteiger partial charge in [-0.05, 0) is 74.5 Å². The maximum absolute atomic E-state index is 13.0.